The van der Waals surface area contributed by atoms with Crippen molar-refractivity contribution < 1.29 is 18.7 Å². The number of ether oxygens (including phenoxy) is 2. The zero-order valence-corrected chi connectivity index (χ0v) is 16.6. The first kappa shape index (κ1) is 18.8. The molecule has 6 nitrogen and oxygen atoms in total. The van der Waals surface area contributed by atoms with E-state index in [1.54, 1.807) is 26.4 Å². The first-order valence-corrected chi connectivity index (χ1v) is 9.34. The summed E-state index contributed by atoms with van der Waals surface area (Å²) in [7, 11) is 3.20. The molecule has 0 N–H and O–H groups in total. The lowest BCUT2D eigenvalue weighted by molar-refractivity contribution is 0.0678. The number of rotatable bonds is 5. The predicted octanol–water partition coefficient (Wildman–Crippen LogP) is 4.60. The van der Waals surface area contributed by atoms with Crippen LogP contribution in [0.5, 0.6) is 11.5 Å². The van der Waals surface area contributed by atoms with Crippen molar-refractivity contribution in [3.05, 3.63) is 83.3 Å². The van der Waals surface area contributed by atoms with Crippen LogP contribution in [0.4, 0.5) is 0 Å². The standard InChI is InChI=1S/C23H22N2O4/c1-15-6-8-16(9-7-15)19-14-18(17-10-11-20(27-2)22(13-17)28-3)24-25(19)23(26)21-5-4-12-29-21/h4-13,19H,14H2,1-3H3/t19-/m1/s1. The number of benzene rings is 2. The lowest BCUT2D eigenvalue weighted by Gasteiger charge is -2.21. The fraction of sp³-hybridized carbons (Fsp3) is 0.217. The first-order chi connectivity index (χ1) is 14.1. The van der Waals surface area contributed by atoms with Gasteiger partial charge in [-0.3, -0.25) is 4.79 Å². The summed E-state index contributed by atoms with van der Waals surface area (Å²) in [5.74, 6) is 1.26. The van der Waals surface area contributed by atoms with Crippen molar-refractivity contribution >= 4 is 11.6 Å². The van der Waals surface area contributed by atoms with Crippen LogP contribution in [0, 0.1) is 6.92 Å². The third-order valence-corrected chi connectivity index (χ3v) is 5.03. The molecule has 1 aliphatic heterocycles. The number of carbonyl (C=O) groups excluding carboxylic acids is 1. The van der Waals surface area contributed by atoms with Gasteiger partial charge in [0, 0.05) is 12.0 Å². The molecule has 0 spiro atoms. The quantitative estimate of drug-likeness (QED) is 0.639. The summed E-state index contributed by atoms with van der Waals surface area (Å²) in [5.41, 5.74) is 3.87. The van der Waals surface area contributed by atoms with Crippen molar-refractivity contribution in [3.8, 4) is 11.5 Å². The molecule has 3 aromatic rings. The van der Waals surface area contributed by atoms with Gasteiger partial charge < -0.3 is 13.9 Å². The molecule has 1 aliphatic rings. The van der Waals surface area contributed by atoms with E-state index in [1.165, 1.54) is 11.3 Å². The minimum absolute atomic E-state index is 0.212. The molecule has 1 amide bonds. The average Bonchev–Trinajstić information content (AvgIpc) is 3.44. The molecule has 0 radical (unpaired) electrons. The van der Waals surface area contributed by atoms with Crippen LogP contribution in [-0.4, -0.2) is 30.8 Å². The van der Waals surface area contributed by atoms with Crippen LogP contribution in [0.15, 0.2) is 70.4 Å². The highest BCUT2D eigenvalue weighted by Crippen LogP contribution is 2.36. The van der Waals surface area contributed by atoms with Gasteiger partial charge >= 0.3 is 5.91 Å². The van der Waals surface area contributed by atoms with Crippen molar-refractivity contribution in [2.24, 2.45) is 5.10 Å². The van der Waals surface area contributed by atoms with E-state index in [-0.39, 0.29) is 17.7 Å². The second-order valence-corrected chi connectivity index (χ2v) is 6.87. The lowest BCUT2D eigenvalue weighted by atomic mass is 9.97. The summed E-state index contributed by atoms with van der Waals surface area (Å²) in [6.45, 7) is 2.04. The number of carbonyl (C=O) groups is 1. The maximum absolute atomic E-state index is 13.0. The number of hydrogen-bond donors (Lipinski definition) is 0. The molecule has 0 saturated carbocycles. The summed E-state index contributed by atoms with van der Waals surface area (Å²) >= 11 is 0. The molecule has 2 aromatic carbocycles. The van der Waals surface area contributed by atoms with Gasteiger partial charge in [-0.15, -0.1) is 0 Å². The minimum Gasteiger partial charge on any atom is -0.493 e. The summed E-state index contributed by atoms with van der Waals surface area (Å²) in [6.07, 6.45) is 2.08. The van der Waals surface area contributed by atoms with E-state index < -0.39 is 0 Å². The summed E-state index contributed by atoms with van der Waals surface area (Å²) in [4.78, 5) is 13.0. The molecule has 2 heterocycles. The van der Waals surface area contributed by atoms with Crippen LogP contribution < -0.4 is 9.47 Å². The second kappa shape index (κ2) is 7.83. The Morgan fingerprint density at radius 2 is 1.83 bits per heavy atom. The van der Waals surface area contributed by atoms with Crippen LogP contribution >= 0.6 is 0 Å². The Kier molecular flexibility index (Phi) is 5.08. The molecule has 1 aromatic heterocycles. The molecule has 0 saturated heterocycles. The number of methoxy groups -OCH3 is 2. The van der Waals surface area contributed by atoms with Gasteiger partial charge in [-0.25, -0.2) is 5.01 Å². The fourth-order valence-electron chi connectivity index (χ4n) is 3.45. The largest absolute Gasteiger partial charge is 0.493 e. The molecule has 148 valence electrons. The van der Waals surface area contributed by atoms with Crippen molar-refractivity contribution in [1.82, 2.24) is 5.01 Å². The van der Waals surface area contributed by atoms with Gasteiger partial charge in [0.25, 0.3) is 0 Å². The fourth-order valence-corrected chi connectivity index (χ4v) is 3.45. The SMILES string of the molecule is COc1ccc(C2=NN(C(=O)c3ccco3)[C@@H](c3ccc(C)cc3)C2)cc1OC. The van der Waals surface area contributed by atoms with E-state index in [0.717, 1.165) is 22.4 Å². The van der Waals surface area contributed by atoms with Gasteiger partial charge in [-0.1, -0.05) is 29.8 Å². The average molecular weight is 390 g/mol. The third kappa shape index (κ3) is 3.61. The molecule has 0 unspecified atom stereocenters. The van der Waals surface area contributed by atoms with Crippen molar-refractivity contribution in [2.45, 2.75) is 19.4 Å². The molecular formula is C23H22N2O4. The molecule has 4 rings (SSSR count). The maximum atomic E-state index is 13.0. The number of amides is 1. The highest BCUT2D eigenvalue weighted by Gasteiger charge is 2.34. The van der Waals surface area contributed by atoms with Crippen LogP contribution in [-0.2, 0) is 0 Å². The molecular weight excluding hydrogens is 368 g/mol. The Morgan fingerprint density at radius 1 is 1.07 bits per heavy atom. The number of aryl methyl sites for hydroxylation is 1. The number of nitrogens with zero attached hydrogens (tertiary/aromatic N) is 2. The minimum atomic E-state index is -0.268. The molecule has 1 atom stereocenters. The predicted molar refractivity (Wildman–Crippen MR) is 109 cm³/mol. The van der Waals surface area contributed by atoms with Gasteiger partial charge in [0.05, 0.1) is 32.2 Å². The Morgan fingerprint density at radius 3 is 2.48 bits per heavy atom. The maximum Gasteiger partial charge on any atom is 0.310 e. The Bertz CT molecular complexity index is 1040. The van der Waals surface area contributed by atoms with Crippen molar-refractivity contribution in [3.63, 3.8) is 0 Å². The van der Waals surface area contributed by atoms with E-state index in [0.29, 0.717) is 17.9 Å². The molecule has 0 fully saturated rings. The van der Waals surface area contributed by atoms with Crippen LogP contribution in [0.1, 0.15) is 39.7 Å². The summed E-state index contributed by atoms with van der Waals surface area (Å²) < 4.78 is 16.1. The zero-order valence-electron chi connectivity index (χ0n) is 16.6. The molecule has 0 aliphatic carbocycles. The van der Waals surface area contributed by atoms with Gasteiger partial charge in [-0.2, -0.15) is 5.10 Å². The van der Waals surface area contributed by atoms with Gasteiger partial charge in [0.15, 0.2) is 17.3 Å². The Balaban J connectivity index is 1.73. The van der Waals surface area contributed by atoms with E-state index in [9.17, 15) is 4.79 Å². The van der Waals surface area contributed by atoms with Crippen LogP contribution in [0.2, 0.25) is 0 Å². The van der Waals surface area contributed by atoms with Crippen molar-refractivity contribution in [1.29, 1.82) is 0 Å². The van der Waals surface area contributed by atoms with E-state index in [1.807, 2.05) is 49.4 Å². The van der Waals surface area contributed by atoms with Crippen molar-refractivity contribution in [2.75, 3.05) is 14.2 Å². The highest BCUT2D eigenvalue weighted by atomic mass is 16.5. The van der Waals surface area contributed by atoms with E-state index >= 15 is 0 Å². The lowest BCUT2D eigenvalue weighted by Crippen LogP contribution is -2.26. The Labute approximate surface area is 169 Å². The van der Waals surface area contributed by atoms with Crippen LogP contribution in [0.3, 0.4) is 0 Å². The smallest absolute Gasteiger partial charge is 0.310 e. The zero-order chi connectivity index (χ0) is 20.4. The molecule has 6 heteroatoms. The number of hydrogen-bond acceptors (Lipinski definition) is 5. The molecule has 29 heavy (non-hydrogen) atoms. The number of furan rings is 1. The van der Waals surface area contributed by atoms with Gasteiger partial charge in [0.1, 0.15) is 0 Å². The summed E-state index contributed by atoms with van der Waals surface area (Å²) in [6, 6.07) is 16.9. The highest BCUT2D eigenvalue weighted by molar-refractivity contribution is 6.05. The van der Waals surface area contributed by atoms with E-state index in [2.05, 4.69) is 5.10 Å². The third-order valence-electron chi connectivity index (χ3n) is 5.03. The van der Waals surface area contributed by atoms with Gasteiger partial charge in [0.2, 0.25) is 0 Å². The Hall–Kier alpha value is -3.54. The molecule has 0 bridgehead atoms. The van der Waals surface area contributed by atoms with Crippen LogP contribution in [0.25, 0.3) is 0 Å². The van der Waals surface area contributed by atoms with E-state index in [4.69, 9.17) is 13.9 Å². The normalized spacial score (nSPS) is 15.9. The number of hydrazone groups is 1. The summed E-state index contributed by atoms with van der Waals surface area (Å²) in [5, 5.41) is 6.18. The topological polar surface area (TPSA) is 64.3 Å². The van der Waals surface area contributed by atoms with Gasteiger partial charge in [-0.05, 0) is 42.8 Å². The monoisotopic (exact) mass is 390 g/mol. The second-order valence-electron chi connectivity index (χ2n) is 6.87. The first-order valence-electron chi connectivity index (χ1n) is 9.34.